The Morgan fingerprint density at radius 2 is 2.00 bits per heavy atom. The third kappa shape index (κ3) is 3.89. The summed E-state index contributed by atoms with van der Waals surface area (Å²) in [6, 6.07) is 14.2. The lowest BCUT2D eigenvalue weighted by Crippen LogP contribution is -1.98. The molecule has 0 aliphatic rings. The van der Waals surface area contributed by atoms with Crippen molar-refractivity contribution in [3.8, 4) is 0 Å². The zero-order valence-corrected chi connectivity index (χ0v) is 11.9. The van der Waals surface area contributed by atoms with Gasteiger partial charge in [0.1, 0.15) is 6.10 Å². The van der Waals surface area contributed by atoms with Gasteiger partial charge in [-0.05, 0) is 25.0 Å². The van der Waals surface area contributed by atoms with Crippen LogP contribution in [0.5, 0.6) is 0 Å². The highest BCUT2D eigenvalue weighted by Gasteiger charge is 2.11. The molecule has 0 unspecified atom stereocenters. The van der Waals surface area contributed by atoms with Crippen LogP contribution in [0.1, 0.15) is 29.7 Å². The smallest absolute Gasteiger partial charge is 0.269 e. The zero-order valence-electron chi connectivity index (χ0n) is 11.9. The van der Waals surface area contributed by atoms with Gasteiger partial charge in [0.2, 0.25) is 0 Å². The molecule has 0 fully saturated rings. The van der Waals surface area contributed by atoms with Crippen LogP contribution in [0.25, 0.3) is 0 Å². The molecule has 0 radical (unpaired) electrons. The van der Waals surface area contributed by atoms with Gasteiger partial charge in [0.25, 0.3) is 5.69 Å². The molecule has 108 valence electrons. The Morgan fingerprint density at radius 1 is 1.24 bits per heavy atom. The van der Waals surface area contributed by atoms with Crippen LogP contribution in [0, 0.1) is 17.0 Å². The maximum Gasteiger partial charge on any atom is 0.269 e. The number of nitrogens with zero attached hydrogens (tertiary/aromatic N) is 2. The molecule has 0 saturated carbocycles. The number of nitro groups is 1. The van der Waals surface area contributed by atoms with E-state index in [-0.39, 0.29) is 11.8 Å². The molecule has 5 heteroatoms. The number of hydrogen-bond acceptors (Lipinski definition) is 4. The quantitative estimate of drug-likeness (QED) is 0.473. The van der Waals surface area contributed by atoms with E-state index in [0.717, 1.165) is 11.1 Å². The first-order valence-electron chi connectivity index (χ1n) is 6.57. The Labute approximate surface area is 123 Å². The summed E-state index contributed by atoms with van der Waals surface area (Å²) in [5, 5.41) is 14.7. The van der Waals surface area contributed by atoms with E-state index in [1.54, 1.807) is 25.3 Å². The SMILES string of the molecule is Cc1ccccc1/C=N\O[C@H](C)c1cccc([N+](=O)[O-])c1. The standard InChI is InChI=1S/C16H16N2O3/c1-12-6-3-4-7-15(12)11-17-21-13(2)14-8-5-9-16(10-14)18(19)20/h3-11,13H,1-2H3/b17-11-/t13-/m1/s1. The maximum atomic E-state index is 10.7. The van der Waals surface area contributed by atoms with Crippen molar-refractivity contribution >= 4 is 11.9 Å². The Balaban J connectivity index is 2.05. The highest BCUT2D eigenvalue weighted by molar-refractivity contribution is 5.81. The number of benzene rings is 2. The predicted octanol–water partition coefficient (Wildman–Crippen LogP) is 4.01. The van der Waals surface area contributed by atoms with Crippen molar-refractivity contribution in [2.45, 2.75) is 20.0 Å². The summed E-state index contributed by atoms with van der Waals surface area (Å²) < 4.78 is 0. The number of rotatable bonds is 5. The van der Waals surface area contributed by atoms with Gasteiger partial charge < -0.3 is 4.84 Å². The third-order valence-electron chi connectivity index (χ3n) is 3.15. The molecule has 21 heavy (non-hydrogen) atoms. The second-order valence-electron chi connectivity index (χ2n) is 4.69. The summed E-state index contributed by atoms with van der Waals surface area (Å²) in [5.74, 6) is 0. The van der Waals surface area contributed by atoms with Crippen molar-refractivity contribution in [1.29, 1.82) is 0 Å². The van der Waals surface area contributed by atoms with E-state index in [4.69, 9.17) is 4.84 Å². The average molecular weight is 284 g/mol. The topological polar surface area (TPSA) is 64.7 Å². The lowest BCUT2D eigenvalue weighted by Gasteiger charge is -2.09. The molecule has 2 aromatic carbocycles. The van der Waals surface area contributed by atoms with Crippen LogP contribution in [-0.4, -0.2) is 11.1 Å². The van der Waals surface area contributed by atoms with E-state index in [1.807, 2.05) is 31.2 Å². The molecular weight excluding hydrogens is 268 g/mol. The summed E-state index contributed by atoms with van der Waals surface area (Å²) in [7, 11) is 0. The fourth-order valence-corrected chi connectivity index (χ4v) is 1.86. The fourth-order valence-electron chi connectivity index (χ4n) is 1.86. The minimum Gasteiger partial charge on any atom is -0.388 e. The van der Waals surface area contributed by atoms with Crippen LogP contribution < -0.4 is 0 Å². The van der Waals surface area contributed by atoms with Crippen LogP contribution in [0.4, 0.5) is 5.69 Å². The summed E-state index contributed by atoms with van der Waals surface area (Å²) in [6.07, 6.45) is 1.29. The van der Waals surface area contributed by atoms with E-state index >= 15 is 0 Å². The molecule has 0 saturated heterocycles. The normalized spacial score (nSPS) is 12.3. The number of hydrogen-bond donors (Lipinski definition) is 0. The molecule has 5 nitrogen and oxygen atoms in total. The molecule has 2 rings (SSSR count). The summed E-state index contributed by atoms with van der Waals surface area (Å²) in [6.45, 7) is 3.79. The molecule has 0 heterocycles. The second kappa shape index (κ2) is 6.65. The highest BCUT2D eigenvalue weighted by atomic mass is 16.6. The Kier molecular flexibility index (Phi) is 4.66. The number of aryl methyl sites for hydroxylation is 1. The van der Waals surface area contributed by atoms with Gasteiger partial charge in [0, 0.05) is 17.7 Å². The zero-order chi connectivity index (χ0) is 15.2. The van der Waals surface area contributed by atoms with Crippen LogP contribution in [0.3, 0.4) is 0 Å². The third-order valence-corrected chi connectivity index (χ3v) is 3.15. The van der Waals surface area contributed by atoms with Crippen molar-refractivity contribution in [3.63, 3.8) is 0 Å². The molecule has 1 atom stereocenters. The van der Waals surface area contributed by atoms with Crippen molar-refractivity contribution < 1.29 is 9.76 Å². The maximum absolute atomic E-state index is 10.7. The molecule has 0 amide bonds. The van der Waals surface area contributed by atoms with Gasteiger partial charge in [0.15, 0.2) is 0 Å². The number of nitro benzene ring substituents is 1. The van der Waals surface area contributed by atoms with Gasteiger partial charge in [-0.1, -0.05) is 41.6 Å². The first kappa shape index (κ1) is 14.7. The van der Waals surface area contributed by atoms with Crippen LogP contribution in [0.2, 0.25) is 0 Å². The lowest BCUT2D eigenvalue weighted by molar-refractivity contribution is -0.385. The summed E-state index contributed by atoms with van der Waals surface area (Å²) in [5.41, 5.74) is 2.84. The van der Waals surface area contributed by atoms with Gasteiger partial charge in [0.05, 0.1) is 11.1 Å². The van der Waals surface area contributed by atoms with Crippen LogP contribution in [0.15, 0.2) is 53.7 Å². The van der Waals surface area contributed by atoms with Gasteiger partial charge >= 0.3 is 0 Å². The average Bonchev–Trinajstić information content (AvgIpc) is 2.49. The van der Waals surface area contributed by atoms with Gasteiger partial charge in [-0.15, -0.1) is 0 Å². The minimum absolute atomic E-state index is 0.0471. The van der Waals surface area contributed by atoms with Crippen LogP contribution in [-0.2, 0) is 4.84 Å². The first-order valence-corrected chi connectivity index (χ1v) is 6.57. The minimum atomic E-state index is -0.424. The van der Waals surface area contributed by atoms with E-state index in [9.17, 15) is 10.1 Å². The molecular formula is C16H16N2O3. The summed E-state index contributed by atoms with van der Waals surface area (Å²) >= 11 is 0. The monoisotopic (exact) mass is 284 g/mol. The van der Waals surface area contributed by atoms with Gasteiger partial charge in [-0.3, -0.25) is 10.1 Å². The molecule has 0 aliphatic heterocycles. The molecule has 0 bridgehead atoms. The van der Waals surface area contributed by atoms with E-state index < -0.39 is 4.92 Å². The molecule has 0 spiro atoms. The van der Waals surface area contributed by atoms with Gasteiger partial charge in [-0.25, -0.2) is 0 Å². The van der Waals surface area contributed by atoms with E-state index in [0.29, 0.717) is 5.56 Å². The Hall–Kier alpha value is -2.69. The molecule has 0 aromatic heterocycles. The highest BCUT2D eigenvalue weighted by Crippen LogP contribution is 2.21. The van der Waals surface area contributed by atoms with Crippen molar-refractivity contribution in [2.75, 3.05) is 0 Å². The van der Waals surface area contributed by atoms with Crippen LogP contribution >= 0.6 is 0 Å². The summed E-state index contributed by atoms with van der Waals surface area (Å²) in [4.78, 5) is 15.7. The molecule has 0 aliphatic carbocycles. The largest absolute Gasteiger partial charge is 0.388 e. The van der Waals surface area contributed by atoms with Crippen molar-refractivity contribution in [3.05, 3.63) is 75.3 Å². The first-order chi connectivity index (χ1) is 10.1. The van der Waals surface area contributed by atoms with Crippen molar-refractivity contribution in [1.82, 2.24) is 0 Å². The van der Waals surface area contributed by atoms with Gasteiger partial charge in [-0.2, -0.15) is 0 Å². The number of non-ortho nitro benzene ring substituents is 1. The van der Waals surface area contributed by atoms with E-state index in [1.165, 1.54) is 12.1 Å². The van der Waals surface area contributed by atoms with Crippen molar-refractivity contribution in [2.24, 2.45) is 5.16 Å². The lowest BCUT2D eigenvalue weighted by atomic mass is 10.1. The Morgan fingerprint density at radius 3 is 2.71 bits per heavy atom. The predicted molar refractivity (Wildman–Crippen MR) is 81.4 cm³/mol. The molecule has 0 N–H and O–H groups in total. The number of oxime groups is 1. The van der Waals surface area contributed by atoms with E-state index in [2.05, 4.69) is 5.16 Å². The Bertz CT molecular complexity index is 668. The molecule has 2 aromatic rings. The fraction of sp³-hybridized carbons (Fsp3) is 0.188. The second-order valence-corrected chi connectivity index (χ2v) is 4.69.